The number of hydrogen-bond donors (Lipinski definition) is 2. The number of hydrogen-bond acceptors (Lipinski definition) is 3. The standard InChI is InChI=1S/C24H17Cl3N4O/c1-13-21(23(32)29-16-9-6-14(25)7-10-16)22(17-11-8-15(26)12-18(17)27)31-20-5-3-2-4-19(20)30-24(31)28-13/h2-12,22H,1H3,(H,28,30)(H,29,32)/t22-/m0/s1. The summed E-state index contributed by atoms with van der Waals surface area (Å²) in [6, 6.07) is 19.6. The molecular weight excluding hydrogens is 467 g/mol. The van der Waals surface area contributed by atoms with Crippen LogP contribution in [0.15, 0.2) is 78.0 Å². The van der Waals surface area contributed by atoms with Crippen LogP contribution in [-0.4, -0.2) is 15.5 Å². The van der Waals surface area contributed by atoms with Crippen molar-refractivity contribution in [2.45, 2.75) is 13.0 Å². The summed E-state index contributed by atoms with van der Waals surface area (Å²) >= 11 is 18.8. The maximum Gasteiger partial charge on any atom is 0.255 e. The first-order chi connectivity index (χ1) is 15.4. The first kappa shape index (κ1) is 20.9. The van der Waals surface area contributed by atoms with Crippen LogP contribution in [0.25, 0.3) is 11.0 Å². The van der Waals surface area contributed by atoms with E-state index in [4.69, 9.17) is 39.8 Å². The molecule has 2 N–H and O–H groups in total. The first-order valence-corrected chi connectivity index (χ1v) is 11.0. The lowest BCUT2D eigenvalue weighted by Gasteiger charge is -2.31. The van der Waals surface area contributed by atoms with Gasteiger partial charge >= 0.3 is 0 Å². The van der Waals surface area contributed by atoms with Crippen molar-refractivity contribution in [3.8, 4) is 0 Å². The molecule has 4 aromatic rings. The van der Waals surface area contributed by atoms with Crippen LogP contribution in [0.2, 0.25) is 15.1 Å². The van der Waals surface area contributed by atoms with Gasteiger partial charge in [-0.1, -0.05) is 53.0 Å². The average Bonchev–Trinajstić information content (AvgIpc) is 3.12. The molecule has 1 aliphatic heterocycles. The van der Waals surface area contributed by atoms with Crippen LogP contribution >= 0.6 is 34.8 Å². The van der Waals surface area contributed by atoms with Gasteiger partial charge in [0, 0.05) is 26.5 Å². The van der Waals surface area contributed by atoms with Crippen molar-refractivity contribution >= 4 is 63.4 Å². The Balaban J connectivity index is 1.68. The van der Waals surface area contributed by atoms with Gasteiger partial charge in [0.25, 0.3) is 5.91 Å². The van der Waals surface area contributed by atoms with Gasteiger partial charge in [-0.3, -0.25) is 9.36 Å². The third kappa shape index (κ3) is 3.62. The number of para-hydroxylation sites is 2. The normalized spacial score (nSPS) is 15.4. The highest BCUT2D eigenvalue weighted by atomic mass is 35.5. The predicted molar refractivity (Wildman–Crippen MR) is 131 cm³/mol. The van der Waals surface area contributed by atoms with Crippen LogP contribution in [0.4, 0.5) is 11.6 Å². The van der Waals surface area contributed by atoms with Gasteiger partial charge in [-0.05, 0) is 61.0 Å². The van der Waals surface area contributed by atoms with Crippen LogP contribution in [0.1, 0.15) is 18.5 Å². The second-order valence-electron chi connectivity index (χ2n) is 7.49. The molecule has 5 rings (SSSR count). The first-order valence-electron chi connectivity index (χ1n) is 9.89. The van der Waals surface area contributed by atoms with Gasteiger partial charge in [0.1, 0.15) is 0 Å². The molecule has 0 spiro atoms. The number of carbonyl (C=O) groups is 1. The summed E-state index contributed by atoms with van der Waals surface area (Å²) < 4.78 is 1.99. The van der Waals surface area contributed by atoms with E-state index < -0.39 is 6.04 Å². The number of rotatable bonds is 3. The Morgan fingerprint density at radius 3 is 2.47 bits per heavy atom. The molecule has 8 heteroatoms. The molecule has 2 heterocycles. The molecule has 0 fully saturated rings. The van der Waals surface area contributed by atoms with Crippen molar-refractivity contribution in [3.05, 3.63) is 98.6 Å². The third-order valence-electron chi connectivity index (χ3n) is 5.43. The highest BCUT2D eigenvalue weighted by Crippen LogP contribution is 2.42. The molecule has 1 amide bonds. The van der Waals surface area contributed by atoms with Gasteiger partial charge in [-0.2, -0.15) is 0 Å². The molecule has 0 saturated heterocycles. The average molecular weight is 484 g/mol. The number of fused-ring (bicyclic) bond motifs is 3. The highest BCUT2D eigenvalue weighted by Gasteiger charge is 2.35. The van der Waals surface area contributed by atoms with E-state index in [0.29, 0.717) is 38.0 Å². The van der Waals surface area contributed by atoms with Crippen molar-refractivity contribution in [2.24, 2.45) is 0 Å². The Morgan fingerprint density at radius 1 is 1.00 bits per heavy atom. The number of amides is 1. The van der Waals surface area contributed by atoms with Crippen LogP contribution in [-0.2, 0) is 4.79 Å². The molecule has 160 valence electrons. The minimum atomic E-state index is -0.504. The van der Waals surface area contributed by atoms with E-state index in [9.17, 15) is 4.79 Å². The van der Waals surface area contributed by atoms with Gasteiger partial charge < -0.3 is 10.6 Å². The summed E-state index contributed by atoms with van der Waals surface area (Å²) in [7, 11) is 0. The zero-order chi connectivity index (χ0) is 22.4. The van der Waals surface area contributed by atoms with Crippen molar-refractivity contribution in [3.63, 3.8) is 0 Å². The van der Waals surface area contributed by atoms with Crippen molar-refractivity contribution < 1.29 is 4.79 Å². The third-order valence-corrected chi connectivity index (χ3v) is 6.25. The number of halogens is 3. The van der Waals surface area contributed by atoms with E-state index in [-0.39, 0.29) is 5.91 Å². The Hall–Kier alpha value is -2.99. The number of benzene rings is 3. The lowest BCUT2D eigenvalue weighted by molar-refractivity contribution is -0.113. The molecule has 0 unspecified atom stereocenters. The summed E-state index contributed by atoms with van der Waals surface area (Å²) in [4.78, 5) is 18.3. The summed E-state index contributed by atoms with van der Waals surface area (Å²) in [5, 5.41) is 7.85. The quantitative estimate of drug-likeness (QED) is 0.332. The number of aromatic nitrogens is 2. The lowest BCUT2D eigenvalue weighted by Crippen LogP contribution is -2.31. The van der Waals surface area contributed by atoms with E-state index in [0.717, 1.165) is 16.6 Å². The molecule has 3 aromatic carbocycles. The number of carbonyl (C=O) groups excluding carboxylic acids is 1. The molecular formula is C24H17Cl3N4O. The largest absolute Gasteiger partial charge is 0.329 e. The van der Waals surface area contributed by atoms with E-state index in [1.807, 2.05) is 41.8 Å². The van der Waals surface area contributed by atoms with Gasteiger partial charge in [-0.25, -0.2) is 4.98 Å². The maximum atomic E-state index is 13.5. The summed E-state index contributed by atoms with van der Waals surface area (Å²) in [5.74, 6) is 0.388. The minimum absolute atomic E-state index is 0.253. The zero-order valence-electron chi connectivity index (χ0n) is 16.9. The lowest BCUT2D eigenvalue weighted by atomic mass is 9.94. The summed E-state index contributed by atoms with van der Waals surface area (Å²) in [6.45, 7) is 1.86. The van der Waals surface area contributed by atoms with Crippen LogP contribution < -0.4 is 10.6 Å². The van der Waals surface area contributed by atoms with Crippen LogP contribution in [0.3, 0.4) is 0 Å². The van der Waals surface area contributed by atoms with Gasteiger partial charge in [0.05, 0.1) is 22.6 Å². The predicted octanol–water partition coefficient (Wildman–Crippen LogP) is 6.92. The zero-order valence-corrected chi connectivity index (χ0v) is 19.1. The summed E-state index contributed by atoms with van der Waals surface area (Å²) in [5.41, 5.74) is 4.31. The number of anilines is 2. The van der Waals surface area contributed by atoms with Gasteiger partial charge in [0.2, 0.25) is 5.95 Å². The van der Waals surface area contributed by atoms with Crippen LogP contribution in [0.5, 0.6) is 0 Å². The molecule has 32 heavy (non-hydrogen) atoms. The molecule has 1 aromatic heterocycles. The Kier molecular flexibility index (Phi) is 5.33. The molecule has 0 bridgehead atoms. The molecule has 0 radical (unpaired) electrons. The Bertz CT molecular complexity index is 1390. The molecule has 0 aliphatic carbocycles. The fourth-order valence-corrected chi connectivity index (χ4v) is 4.65. The van der Waals surface area contributed by atoms with Crippen LogP contribution in [0, 0.1) is 0 Å². The number of imidazole rings is 1. The SMILES string of the molecule is CC1=C(C(=O)Nc2ccc(Cl)cc2)[C@H](c2ccc(Cl)cc2Cl)n2c(nc3ccccc32)N1. The van der Waals surface area contributed by atoms with E-state index in [2.05, 4.69) is 10.6 Å². The van der Waals surface area contributed by atoms with E-state index >= 15 is 0 Å². The van der Waals surface area contributed by atoms with Crippen molar-refractivity contribution in [2.75, 3.05) is 10.6 Å². The van der Waals surface area contributed by atoms with Crippen molar-refractivity contribution in [1.29, 1.82) is 0 Å². The minimum Gasteiger partial charge on any atom is -0.329 e. The number of nitrogens with zero attached hydrogens (tertiary/aromatic N) is 2. The van der Waals surface area contributed by atoms with Gasteiger partial charge in [0.15, 0.2) is 0 Å². The Labute approximate surface area is 199 Å². The fourth-order valence-electron chi connectivity index (χ4n) is 4.01. The highest BCUT2D eigenvalue weighted by molar-refractivity contribution is 6.35. The smallest absolute Gasteiger partial charge is 0.255 e. The maximum absolute atomic E-state index is 13.5. The number of nitrogens with one attached hydrogen (secondary N) is 2. The number of allylic oxidation sites excluding steroid dienone is 1. The monoisotopic (exact) mass is 482 g/mol. The fraction of sp³-hybridized carbons (Fsp3) is 0.0833. The van der Waals surface area contributed by atoms with Gasteiger partial charge in [-0.15, -0.1) is 0 Å². The second-order valence-corrected chi connectivity index (χ2v) is 8.77. The van der Waals surface area contributed by atoms with E-state index in [1.54, 1.807) is 36.4 Å². The topological polar surface area (TPSA) is 59.0 Å². The molecule has 1 aliphatic rings. The van der Waals surface area contributed by atoms with Crippen molar-refractivity contribution in [1.82, 2.24) is 9.55 Å². The molecule has 5 nitrogen and oxygen atoms in total. The molecule has 0 saturated carbocycles. The molecule has 1 atom stereocenters. The summed E-state index contributed by atoms with van der Waals surface area (Å²) in [6.07, 6.45) is 0. The second kappa shape index (κ2) is 8.17. The van der Waals surface area contributed by atoms with E-state index in [1.165, 1.54) is 0 Å². The Morgan fingerprint density at radius 2 is 1.72 bits per heavy atom.